The third-order valence-corrected chi connectivity index (χ3v) is 4.04. The Kier molecular flexibility index (Phi) is 6.49. The SMILES string of the molecule is COC(=O)/C=C/c1ccc(N2CCN(C[C@H](C)O)CC2)c([N+](=O)[O-])c1. The van der Waals surface area contributed by atoms with Crippen LogP contribution in [0, 0.1) is 10.1 Å². The molecule has 1 N–H and O–H groups in total. The summed E-state index contributed by atoms with van der Waals surface area (Å²) in [7, 11) is 1.27. The Labute approximate surface area is 146 Å². The van der Waals surface area contributed by atoms with Gasteiger partial charge in [-0.3, -0.25) is 15.0 Å². The molecule has 1 aliphatic rings. The first-order valence-electron chi connectivity index (χ1n) is 8.10. The van der Waals surface area contributed by atoms with Gasteiger partial charge in [0, 0.05) is 44.9 Å². The molecule has 0 amide bonds. The number of rotatable bonds is 6. The molecule has 0 aromatic heterocycles. The predicted octanol–water partition coefficient (Wildman–Crippen LogP) is 1.28. The Hall–Kier alpha value is -2.45. The van der Waals surface area contributed by atoms with Gasteiger partial charge in [-0.25, -0.2) is 4.79 Å². The number of aliphatic hydroxyl groups excluding tert-OH is 1. The summed E-state index contributed by atoms with van der Waals surface area (Å²) in [4.78, 5) is 26.3. The lowest BCUT2D eigenvalue weighted by Gasteiger charge is -2.36. The summed E-state index contributed by atoms with van der Waals surface area (Å²) < 4.78 is 4.52. The lowest BCUT2D eigenvalue weighted by Crippen LogP contribution is -2.48. The number of piperazine rings is 1. The van der Waals surface area contributed by atoms with Crippen molar-refractivity contribution in [3.05, 3.63) is 40.0 Å². The van der Waals surface area contributed by atoms with Crippen molar-refractivity contribution < 1.29 is 19.6 Å². The Bertz CT molecular complexity index is 652. The number of β-amino-alcohol motifs (C(OH)–C–C–N with tert-alkyl or cyclic N) is 1. The van der Waals surface area contributed by atoms with E-state index in [9.17, 15) is 20.0 Å². The summed E-state index contributed by atoms with van der Waals surface area (Å²) in [5.74, 6) is -0.513. The number of carbonyl (C=O) groups excluding carboxylic acids is 1. The van der Waals surface area contributed by atoms with Crippen LogP contribution in [0.5, 0.6) is 0 Å². The number of anilines is 1. The van der Waals surface area contributed by atoms with Gasteiger partial charge in [-0.1, -0.05) is 6.07 Å². The molecule has 25 heavy (non-hydrogen) atoms. The van der Waals surface area contributed by atoms with Gasteiger partial charge in [-0.05, 0) is 24.6 Å². The van der Waals surface area contributed by atoms with E-state index < -0.39 is 10.9 Å². The van der Waals surface area contributed by atoms with Crippen molar-refractivity contribution in [2.45, 2.75) is 13.0 Å². The van der Waals surface area contributed by atoms with Crippen molar-refractivity contribution in [2.75, 3.05) is 44.7 Å². The number of nitro groups is 1. The largest absolute Gasteiger partial charge is 0.466 e. The lowest BCUT2D eigenvalue weighted by atomic mass is 10.1. The third kappa shape index (κ3) is 5.27. The van der Waals surface area contributed by atoms with E-state index in [1.165, 1.54) is 25.3 Å². The van der Waals surface area contributed by atoms with Gasteiger partial charge < -0.3 is 14.7 Å². The highest BCUT2D eigenvalue weighted by Gasteiger charge is 2.24. The Morgan fingerprint density at radius 1 is 1.40 bits per heavy atom. The summed E-state index contributed by atoms with van der Waals surface area (Å²) in [6.07, 6.45) is 2.33. The van der Waals surface area contributed by atoms with Crippen molar-refractivity contribution >= 4 is 23.4 Å². The first-order valence-corrected chi connectivity index (χ1v) is 8.10. The highest BCUT2D eigenvalue weighted by atomic mass is 16.6. The Balaban J connectivity index is 2.14. The van der Waals surface area contributed by atoms with Crippen LogP contribution in [-0.4, -0.2) is 66.8 Å². The number of ether oxygens (including phenoxy) is 1. The molecule has 0 bridgehead atoms. The van der Waals surface area contributed by atoms with Crippen LogP contribution < -0.4 is 4.90 Å². The van der Waals surface area contributed by atoms with E-state index in [-0.39, 0.29) is 11.8 Å². The zero-order valence-corrected chi connectivity index (χ0v) is 14.4. The lowest BCUT2D eigenvalue weighted by molar-refractivity contribution is -0.384. The van der Waals surface area contributed by atoms with Gasteiger partial charge in [-0.15, -0.1) is 0 Å². The van der Waals surface area contributed by atoms with Gasteiger partial charge in [0.25, 0.3) is 5.69 Å². The molecule has 1 aliphatic heterocycles. The second-order valence-corrected chi connectivity index (χ2v) is 6.00. The van der Waals surface area contributed by atoms with Gasteiger partial charge in [0.05, 0.1) is 18.1 Å². The normalized spacial score (nSPS) is 16.8. The summed E-state index contributed by atoms with van der Waals surface area (Å²) in [6.45, 7) is 5.15. The fourth-order valence-electron chi connectivity index (χ4n) is 2.84. The van der Waals surface area contributed by atoms with E-state index in [0.29, 0.717) is 30.9 Å². The van der Waals surface area contributed by atoms with Crippen LogP contribution >= 0.6 is 0 Å². The summed E-state index contributed by atoms with van der Waals surface area (Å²) in [5.41, 5.74) is 1.14. The number of carbonyl (C=O) groups is 1. The van der Waals surface area contributed by atoms with Gasteiger partial charge >= 0.3 is 5.97 Å². The van der Waals surface area contributed by atoms with E-state index in [2.05, 4.69) is 9.64 Å². The molecule has 0 aliphatic carbocycles. The van der Waals surface area contributed by atoms with Crippen LogP contribution in [0.4, 0.5) is 11.4 Å². The topological polar surface area (TPSA) is 96.2 Å². The van der Waals surface area contributed by atoms with Gasteiger partial charge in [0.1, 0.15) is 5.69 Å². The highest BCUT2D eigenvalue weighted by Crippen LogP contribution is 2.30. The zero-order chi connectivity index (χ0) is 18.4. The first kappa shape index (κ1) is 18.9. The minimum Gasteiger partial charge on any atom is -0.466 e. The fourth-order valence-corrected chi connectivity index (χ4v) is 2.84. The zero-order valence-electron chi connectivity index (χ0n) is 14.4. The molecule has 136 valence electrons. The molecule has 0 radical (unpaired) electrons. The maximum absolute atomic E-state index is 11.4. The standard InChI is InChI=1S/C17H23N3O5/c1-13(21)12-18-7-9-19(10-8-18)15-5-3-14(4-6-17(22)25-2)11-16(15)20(23)24/h3-6,11,13,21H,7-10,12H2,1-2H3/b6-4+/t13-/m0/s1. The minimum absolute atomic E-state index is 0.0102. The number of hydrogen-bond donors (Lipinski definition) is 1. The smallest absolute Gasteiger partial charge is 0.330 e. The number of esters is 1. The summed E-state index contributed by atoms with van der Waals surface area (Å²) in [6, 6.07) is 4.90. The Morgan fingerprint density at radius 3 is 2.64 bits per heavy atom. The monoisotopic (exact) mass is 349 g/mol. The number of nitro benzene ring substituents is 1. The number of nitrogens with zero attached hydrogens (tertiary/aromatic N) is 3. The molecule has 1 atom stereocenters. The van der Waals surface area contributed by atoms with Crippen LogP contribution in [0.3, 0.4) is 0 Å². The maximum atomic E-state index is 11.4. The molecule has 1 heterocycles. The molecule has 0 unspecified atom stereocenters. The third-order valence-electron chi connectivity index (χ3n) is 4.04. The van der Waals surface area contributed by atoms with Crippen LogP contribution in [0.15, 0.2) is 24.3 Å². The fraction of sp³-hybridized carbons (Fsp3) is 0.471. The van der Waals surface area contributed by atoms with E-state index in [0.717, 1.165) is 13.1 Å². The minimum atomic E-state index is -0.513. The van der Waals surface area contributed by atoms with Crippen molar-refractivity contribution in [3.63, 3.8) is 0 Å². The van der Waals surface area contributed by atoms with E-state index in [1.54, 1.807) is 19.1 Å². The molecule has 0 saturated carbocycles. The molecule has 1 saturated heterocycles. The summed E-state index contributed by atoms with van der Waals surface area (Å²) in [5, 5.41) is 20.9. The van der Waals surface area contributed by atoms with Crippen LogP contribution in [0.2, 0.25) is 0 Å². The van der Waals surface area contributed by atoms with Crippen LogP contribution in [-0.2, 0) is 9.53 Å². The quantitative estimate of drug-likeness (QED) is 0.358. The average Bonchev–Trinajstić information content (AvgIpc) is 2.59. The van der Waals surface area contributed by atoms with Gasteiger partial charge in [-0.2, -0.15) is 0 Å². The van der Waals surface area contributed by atoms with Crippen molar-refractivity contribution in [1.82, 2.24) is 4.90 Å². The van der Waals surface area contributed by atoms with E-state index in [1.807, 2.05) is 4.90 Å². The second-order valence-electron chi connectivity index (χ2n) is 6.00. The molecule has 8 heteroatoms. The second kappa shape index (κ2) is 8.59. The molecular weight excluding hydrogens is 326 g/mol. The molecule has 2 rings (SSSR count). The van der Waals surface area contributed by atoms with Crippen LogP contribution in [0.1, 0.15) is 12.5 Å². The maximum Gasteiger partial charge on any atom is 0.330 e. The molecular formula is C17H23N3O5. The molecule has 1 aromatic rings. The average molecular weight is 349 g/mol. The van der Waals surface area contributed by atoms with E-state index in [4.69, 9.17) is 0 Å². The predicted molar refractivity (Wildman–Crippen MR) is 94.5 cm³/mol. The number of benzene rings is 1. The summed E-state index contributed by atoms with van der Waals surface area (Å²) >= 11 is 0. The first-order chi connectivity index (χ1) is 11.9. The number of hydrogen-bond acceptors (Lipinski definition) is 7. The molecule has 0 spiro atoms. The highest BCUT2D eigenvalue weighted by molar-refractivity contribution is 5.87. The number of methoxy groups -OCH3 is 1. The van der Waals surface area contributed by atoms with Crippen LogP contribution in [0.25, 0.3) is 6.08 Å². The van der Waals surface area contributed by atoms with Crippen molar-refractivity contribution in [2.24, 2.45) is 0 Å². The van der Waals surface area contributed by atoms with E-state index >= 15 is 0 Å². The van der Waals surface area contributed by atoms with Crippen molar-refractivity contribution in [3.8, 4) is 0 Å². The molecule has 1 fully saturated rings. The molecule has 8 nitrogen and oxygen atoms in total. The van der Waals surface area contributed by atoms with Gasteiger partial charge in [0.15, 0.2) is 0 Å². The van der Waals surface area contributed by atoms with Gasteiger partial charge in [0.2, 0.25) is 0 Å². The molecule has 1 aromatic carbocycles. The number of aliphatic hydroxyl groups is 1. The van der Waals surface area contributed by atoms with Crippen molar-refractivity contribution in [1.29, 1.82) is 0 Å². The Morgan fingerprint density at radius 2 is 2.08 bits per heavy atom.